The van der Waals surface area contributed by atoms with Crippen LogP contribution >= 0.6 is 11.3 Å². The molecule has 0 fully saturated rings. The number of unbranched alkanes of at least 4 members (excludes halogenated alkanes) is 5. The molecule has 6 nitrogen and oxygen atoms in total. The third-order valence-electron chi connectivity index (χ3n) is 4.16. The van der Waals surface area contributed by atoms with Crippen LogP contribution in [-0.2, 0) is 4.74 Å². The fraction of sp³-hybridized carbons (Fsp3) is 0.650. The summed E-state index contributed by atoms with van der Waals surface area (Å²) in [5, 5.41) is 0.323. The summed E-state index contributed by atoms with van der Waals surface area (Å²) in [5.41, 5.74) is 0.0158. The van der Waals surface area contributed by atoms with Crippen molar-refractivity contribution in [2.24, 2.45) is 5.92 Å². The van der Waals surface area contributed by atoms with Crippen LogP contribution in [0.15, 0.2) is 9.21 Å². The number of thiophene rings is 1. The molecule has 0 saturated heterocycles. The molecule has 0 aliphatic carbocycles. The lowest BCUT2D eigenvalue weighted by molar-refractivity contribution is 0.0503. The number of carbonyl (C=O) groups excluding carboxylic acids is 1. The number of aromatic nitrogens is 1. The summed E-state index contributed by atoms with van der Waals surface area (Å²) in [7, 11) is 0. The zero-order valence-corrected chi connectivity index (χ0v) is 17.4. The first-order chi connectivity index (χ1) is 12.9. The minimum Gasteiger partial charge on any atom is -0.462 e. The van der Waals surface area contributed by atoms with Crippen LogP contribution in [0, 0.1) is 12.8 Å². The number of rotatable bonds is 11. The van der Waals surface area contributed by atoms with Gasteiger partial charge in [0.15, 0.2) is 0 Å². The van der Waals surface area contributed by atoms with Gasteiger partial charge in [0.05, 0.1) is 13.2 Å². The van der Waals surface area contributed by atoms with Crippen LogP contribution in [0.2, 0.25) is 0 Å². The molecule has 0 unspecified atom stereocenters. The zero-order chi connectivity index (χ0) is 19.8. The highest BCUT2D eigenvalue weighted by Gasteiger charge is 2.21. The Morgan fingerprint density at radius 3 is 2.59 bits per heavy atom. The van der Waals surface area contributed by atoms with Gasteiger partial charge in [-0.15, -0.1) is 11.3 Å². The normalized spacial score (nSPS) is 11.3. The molecule has 2 heterocycles. The van der Waals surface area contributed by atoms with Crippen molar-refractivity contribution in [3.05, 3.63) is 20.9 Å². The summed E-state index contributed by atoms with van der Waals surface area (Å²) in [4.78, 5) is 29.7. The highest BCUT2D eigenvalue weighted by atomic mass is 32.1. The fourth-order valence-corrected chi connectivity index (χ4v) is 3.71. The molecular weight excluding hydrogens is 366 g/mol. The molecule has 0 spiro atoms. The van der Waals surface area contributed by atoms with Crippen LogP contribution in [0.5, 0.6) is 6.08 Å². The Bertz CT molecular complexity index is 809. The molecule has 2 rings (SSSR count). The van der Waals surface area contributed by atoms with Crippen molar-refractivity contribution in [3.8, 4) is 6.08 Å². The van der Waals surface area contributed by atoms with Crippen LogP contribution < -0.4 is 10.4 Å². The Morgan fingerprint density at radius 2 is 1.89 bits per heavy atom. The van der Waals surface area contributed by atoms with Crippen molar-refractivity contribution in [2.45, 2.75) is 66.2 Å². The summed E-state index contributed by atoms with van der Waals surface area (Å²) < 4.78 is 15.9. The highest BCUT2D eigenvalue weighted by Crippen LogP contribution is 2.29. The van der Waals surface area contributed by atoms with Crippen LogP contribution in [0.4, 0.5) is 0 Å². The highest BCUT2D eigenvalue weighted by molar-refractivity contribution is 7.20. The van der Waals surface area contributed by atoms with Gasteiger partial charge in [0.2, 0.25) is 0 Å². The summed E-state index contributed by atoms with van der Waals surface area (Å²) >= 11 is 1.14. The molecule has 7 heteroatoms. The third-order valence-corrected chi connectivity index (χ3v) is 5.33. The van der Waals surface area contributed by atoms with Gasteiger partial charge >= 0.3 is 17.7 Å². The van der Waals surface area contributed by atoms with E-state index in [2.05, 4.69) is 11.9 Å². The predicted molar refractivity (Wildman–Crippen MR) is 107 cm³/mol. The first-order valence-electron chi connectivity index (χ1n) is 9.68. The Kier molecular flexibility index (Phi) is 8.28. The van der Waals surface area contributed by atoms with E-state index in [-0.39, 0.29) is 12.0 Å². The van der Waals surface area contributed by atoms with E-state index in [0.29, 0.717) is 33.9 Å². The second-order valence-corrected chi connectivity index (χ2v) is 8.11. The second kappa shape index (κ2) is 10.4. The van der Waals surface area contributed by atoms with Crippen molar-refractivity contribution in [3.63, 3.8) is 0 Å². The molecule has 0 bridgehead atoms. The van der Waals surface area contributed by atoms with Gasteiger partial charge in [-0.2, -0.15) is 4.98 Å². The maximum atomic E-state index is 12.4. The molecule has 0 aliphatic rings. The van der Waals surface area contributed by atoms with Crippen LogP contribution in [0.25, 0.3) is 10.2 Å². The Labute approximate surface area is 163 Å². The number of carbonyl (C=O) groups is 1. The number of nitrogens with zero attached hydrogens (tertiary/aromatic N) is 1. The SMILES string of the molecule is CCCCCCCCOC(=O)c1sc2nc(OCC(C)C)oc(=O)c2c1C. The van der Waals surface area contributed by atoms with Gasteiger partial charge in [0.1, 0.15) is 15.1 Å². The molecular formula is C20H29NO5S. The van der Waals surface area contributed by atoms with Crippen molar-refractivity contribution >= 4 is 27.5 Å². The van der Waals surface area contributed by atoms with Gasteiger partial charge in [-0.25, -0.2) is 9.59 Å². The maximum absolute atomic E-state index is 12.4. The van der Waals surface area contributed by atoms with Crippen molar-refractivity contribution < 1.29 is 18.7 Å². The van der Waals surface area contributed by atoms with Crippen LogP contribution in [0.3, 0.4) is 0 Å². The number of esters is 1. The number of aryl methyl sites for hydroxylation is 1. The number of ether oxygens (including phenoxy) is 2. The van der Waals surface area contributed by atoms with E-state index < -0.39 is 11.6 Å². The van der Waals surface area contributed by atoms with E-state index >= 15 is 0 Å². The number of hydrogen-bond acceptors (Lipinski definition) is 7. The minimum atomic E-state index is -0.539. The first-order valence-corrected chi connectivity index (χ1v) is 10.5. The van der Waals surface area contributed by atoms with Gasteiger partial charge in [0.25, 0.3) is 0 Å². The standard InChI is InChI=1S/C20H29NO5S/c1-5-6-7-8-9-10-11-24-19(23)16-14(4)15-17(27-16)21-20(26-18(15)22)25-12-13(2)3/h13H,5-12H2,1-4H3. The Balaban J connectivity index is 2.01. The molecule has 27 heavy (non-hydrogen) atoms. The minimum absolute atomic E-state index is 0.0607. The number of fused-ring (bicyclic) bond motifs is 1. The quantitative estimate of drug-likeness (QED) is 0.388. The van der Waals surface area contributed by atoms with Crippen LogP contribution in [-0.4, -0.2) is 24.2 Å². The lowest BCUT2D eigenvalue weighted by Crippen LogP contribution is -2.09. The van der Waals surface area contributed by atoms with Gasteiger partial charge in [0, 0.05) is 0 Å². The maximum Gasteiger partial charge on any atom is 0.397 e. The van der Waals surface area contributed by atoms with Crippen molar-refractivity contribution in [1.29, 1.82) is 0 Å². The van der Waals surface area contributed by atoms with E-state index in [1.165, 1.54) is 19.3 Å². The van der Waals surface area contributed by atoms with Crippen molar-refractivity contribution in [1.82, 2.24) is 4.98 Å². The molecule has 0 N–H and O–H groups in total. The fourth-order valence-electron chi connectivity index (χ4n) is 2.66. The lowest BCUT2D eigenvalue weighted by atomic mass is 10.1. The average molecular weight is 396 g/mol. The summed E-state index contributed by atoms with van der Waals surface area (Å²) in [6.45, 7) is 8.67. The summed E-state index contributed by atoms with van der Waals surface area (Å²) in [5.74, 6) is -0.126. The van der Waals surface area contributed by atoms with E-state index in [1.54, 1.807) is 6.92 Å². The smallest absolute Gasteiger partial charge is 0.397 e. The predicted octanol–water partition coefficient (Wildman–Crippen LogP) is 5.11. The Hall–Kier alpha value is -1.89. The van der Waals surface area contributed by atoms with Gasteiger partial charge < -0.3 is 13.9 Å². The molecule has 0 aromatic carbocycles. The summed E-state index contributed by atoms with van der Waals surface area (Å²) in [6, 6.07) is 0. The van der Waals surface area contributed by atoms with E-state index in [0.717, 1.165) is 30.6 Å². The first kappa shape index (κ1) is 21.4. The van der Waals surface area contributed by atoms with E-state index in [9.17, 15) is 9.59 Å². The molecule has 0 amide bonds. The molecule has 0 radical (unpaired) electrons. The van der Waals surface area contributed by atoms with Gasteiger partial charge in [-0.3, -0.25) is 0 Å². The topological polar surface area (TPSA) is 78.6 Å². The molecule has 2 aromatic rings. The zero-order valence-electron chi connectivity index (χ0n) is 16.6. The Morgan fingerprint density at radius 1 is 1.19 bits per heavy atom. The van der Waals surface area contributed by atoms with E-state index in [1.807, 2.05) is 13.8 Å². The van der Waals surface area contributed by atoms with Crippen LogP contribution in [0.1, 0.15) is 74.5 Å². The largest absolute Gasteiger partial charge is 0.462 e. The van der Waals surface area contributed by atoms with Gasteiger partial charge in [-0.05, 0) is 24.8 Å². The molecule has 0 atom stereocenters. The van der Waals surface area contributed by atoms with Gasteiger partial charge in [-0.1, -0.05) is 52.9 Å². The lowest BCUT2D eigenvalue weighted by Gasteiger charge is -2.05. The molecule has 0 aliphatic heterocycles. The third kappa shape index (κ3) is 6.06. The molecule has 0 saturated carbocycles. The summed E-state index contributed by atoms with van der Waals surface area (Å²) in [6.07, 6.45) is 6.70. The average Bonchev–Trinajstić information content (AvgIpc) is 2.96. The second-order valence-electron chi connectivity index (χ2n) is 7.11. The molecule has 2 aromatic heterocycles. The monoisotopic (exact) mass is 395 g/mol. The van der Waals surface area contributed by atoms with E-state index in [4.69, 9.17) is 13.9 Å². The number of hydrogen-bond donors (Lipinski definition) is 0. The molecule has 150 valence electrons. The van der Waals surface area contributed by atoms with Crippen molar-refractivity contribution in [2.75, 3.05) is 13.2 Å².